The molecule has 0 saturated carbocycles. The van der Waals surface area contributed by atoms with Gasteiger partial charge in [-0.15, -0.1) is 11.3 Å². The van der Waals surface area contributed by atoms with E-state index in [2.05, 4.69) is 10.0 Å². The van der Waals surface area contributed by atoms with Crippen LogP contribution in [0.1, 0.15) is 15.2 Å². The molecule has 0 saturated heterocycles. The summed E-state index contributed by atoms with van der Waals surface area (Å²) in [5.74, 6) is -0.335. The molecule has 0 spiro atoms. The maximum Gasteiger partial charge on any atom is 0.265 e. The van der Waals surface area contributed by atoms with Crippen LogP contribution in [0.25, 0.3) is 10.8 Å². The van der Waals surface area contributed by atoms with Crippen LogP contribution in [-0.4, -0.2) is 14.3 Å². The average Bonchev–Trinajstić information content (AvgIpc) is 3.25. The van der Waals surface area contributed by atoms with Crippen molar-refractivity contribution in [2.24, 2.45) is 0 Å². The molecule has 1 heterocycles. The van der Waals surface area contributed by atoms with Crippen molar-refractivity contribution in [1.82, 2.24) is 0 Å². The molecule has 5 nitrogen and oxygen atoms in total. The zero-order valence-corrected chi connectivity index (χ0v) is 18.2. The Morgan fingerprint density at radius 3 is 2.47 bits per heavy atom. The van der Waals surface area contributed by atoms with E-state index in [0.29, 0.717) is 21.2 Å². The zero-order valence-electron chi connectivity index (χ0n) is 15.8. The van der Waals surface area contributed by atoms with Gasteiger partial charge in [0.25, 0.3) is 15.9 Å². The van der Waals surface area contributed by atoms with Gasteiger partial charge in [0.2, 0.25) is 0 Å². The number of hydrogen-bond donors (Lipinski definition) is 2. The van der Waals surface area contributed by atoms with E-state index in [0.717, 1.165) is 10.8 Å². The lowest BCUT2D eigenvalue weighted by molar-refractivity contribution is 0.103. The molecular weight excluding hydrogens is 440 g/mol. The standard InChI is InChI=1S/C22H17ClN2O3S2/c1-14-11-17(23)13-19(24-22(26)20-7-4-10-29-20)21(14)25-30(27,28)18-9-8-15-5-2-3-6-16(15)12-18/h2-13,25H,1H3,(H,24,26). The number of sulfonamides is 1. The van der Waals surface area contributed by atoms with Crippen LogP contribution in [-0.2, 0) is 10.0 Å². The van der Waals surface area contributed by atoms with Gasteiger partial charge in [0.15, 0.2) is 0 Å². The third-order valence-corrected chi connectivity index (χ3v) is 7.00. The van der Waals surface area contributed by atoms with E-state index in [1.807, 2.05) is 24.3 Å². The minimum Gasteiger partial charge on any atom is -0.319 e. The Bertz CT molecular complexity index is 1350. The first-order valence-electron chi connectivity index (χ1n) is 9.00. The van der Waals surface area contributed by atoms with Crippen molar-refractivity contribution in [2.45, 2.75) is 11.8 Å². The van der Waals surface area contributed by atoms with Gasteiger partial charge in [-0.2, -0.15) is 0 Å². The van der Waals surface area contributed by atoms with Gasteiger partial charge in [0, 0.05) is 5.02 Å². The topological polar surface area (TPSA) is 75.3 Å². The highest BCUT2D eigenvalue weighted by molar-refractivity contribution is 7.92. The Morgan fingerprint density at radius 2 is 1.73 bits per heavy atom. The van der Waals surface area contributed by atoms with E-state index >= 15 is 0 Å². The monoisotopic (exact) mass is 456 g/mol. The highest BCUT2D eigenvalue weighted by atomic mass is 35.5. The lowest BCUT2D eigenvalue weighted by Crippen LogP contribution is -2.17. The average molecular weight is 457 g/mol. The largest absolute Gasteiger partial charge is 0.319 e. The van der Waals surface area contributed by atoms with Crippen LogP contribution < -0.4 is 10.0 Å². The number of aryl methyl sites for hydroxylation is 1. The van der Waals surface area contributed by atoms with E-state index in [4.69, 9.17) is 11.6 Å². The van der Waals surface area contributed by atoms with Crippen LogP contribution in [0.15, 0.2) is 77.0 Å². The maximum absolute atomic E-state index is 13.1. The van der Waals surface area contributed by atoms with Crippen LogP contribution in [0.4, 0.5) is 11.4 Å². The van der Waals surface area contributed by atoms with Crippen LogP contribution in [0.5, 0.6) is 0 Å². The number of amides is 1. The quantitative estimate of drug-likeness (QED) is 0.391. The Labute approximate surface area is 183 Å². The second kappa shape index (κ2) is 8.10. The van der Waals surface area contributed by atoms with E-state index < -0.39 is 10.0 Å². The summed E-state index contributed by atoms with van der Waals surface area (Å²) in [5.41, 5.74) is 1.16. The van der Waals surface area contributed by atoms with Crippen molar-refractivity contribution in [3.8, 4) is 0 Å². The normalized spacial score (nSPS) is 11.4. The molecule has 1 aromatic heterocycles. The Kier molecular flexibility index (Phi) is 5.51. The predicted octanol–water partition coefficient (Wildman–Crippen LogP) is 5.92. The lowest BCUT2D eigenvalue weighted by atomic mass is 10.1. The third kappa shape index (κ3) is 4.18. The van der Waals surface area contributed by atoms with Crippen molar-refractivity contribution in [3.63, 3.8) is 0 Å². The van der Waals surface area contributed by atoms with Gasteiger partial charge in [0.05, 0.1) is 21.1 Å². The molecule has 4 rings (SSSR count). The number of halogens is 1. The molecule has 0 unspecified atom stereocenters. The summed E-state index contributed by atoms with van der Waals surface area (Å²) in [6.45, 7) is 1.73. The third-order valence-electron chi connectivity index (χ3n) is 4.56. The Hall–Kier alpha value is -2.87. The number of thiophene rings is 1. The predicted molar refractivity (Wildman–Crippen MR) is 123 cm³/mol. The summed E-state index contributed by atoms with van der Waals surface area (Å²) >= 11 is 7.45. The van der Waals surface area contributed by atoms with Gasteiger partial charge < -0.3 is 5.32 Å². The van der Waals surface area contributed by atoms with Crippen LogP contribution in [0, 0.1) is 6.92 Å². The van der Waals surface area contributed by atoms with Crippen LogP contribution >= 0.6 is 22.9 Å². The van der Waals surface area contributed by atoms with Gasteiger partial charge >= 0.3 is 0 Å². The van der Waals surface area contributed by atoms with E-state index in [1.54, 1.807) is 48.7 Å². The van der Waals surface area contributed by atoms with E-state index in [-0.39, 0.29) is 16.5 Å². The van der Waals surface area contributed by atoms with Gasteiger partial charge in [-0.1, -0.05) is 48.0 Å². The zero-order chi connectivity index (χ0) is 21.3. The fourth-order valence-corrected chi connectivity index (χ4v) is 5.18. The van der Waals surface area contributed by atoms with Crippen molar-refractivity contribution in [3.05, 3.63) is 87.6 Å². The van der Waals surface area contributed by atoms with Crippen molar-refractivity contribution in [1.29, 1.82) is 0 Å². The summed E-state index contributed by atoms with van der Waals surface area (Å²) < 4.78 is 28.8. The molecule has 152 valence electrons. The Balaban J connectivity index is 1.71. The molecule has 0 aliphatic carbocycles. The molecule has 0 radical (unpaired) electrons. The van der Waals surface area contributed by atoms with Crippen molar-refractivity contribution >= 4 is 61.0 Å². The maximum atomic E-state index is 13.1. The second-order valence-electron chi connectivity index (χ2n) is 6.69. The first kappa shape index (κ1) is 20.4. The first-order chi connectivity index (χ1) is 14.3. The van der Waals surface area contributed by atoms with E-state index in [1.165, 1.54) is 17.4 Å². The van der Waals surface area contributed by atoms with E-state index in [9.17, 15) is 13.2 Å². The van der Waals surface area contributed by atoms with Crippen molar-refractivity contribution < 1.29 is 13.2 Å². The number of benzene rings is 3. The molecule has 0 aliphatic rings. The Morgan fingerprint density at radius 1 is 0.967 bits per heavy atom. The summed E-state index contributed by atoms with van der Waals surface area (Å²) in [5, 5.41) is 6.71. The molecule has 4 aromatic rings. The number of carbonyl (C=O) groups excluding carboxylic acids is 1. The molecule has 3 aromatic carbocycles. The highest BCUT2D eigenvalue weighted by Gasteiger charge is 2.20. The number of carbonyl (C=O) groups is 1. The summed E-state index contributed by atoms with van der Waals surface area (Å²) in [6.07, 6.45) is 0. The molecular formula is C22H17ClN2O3S2. The number of rotatable bonds is 5. The fourth-order valence-electron chi connectivity index (χ4n) is 3.10. The second-order valence-corrected chi connectivity index (χ2v) is 9.76. The molecule has 30 heavy (non-hydrogen) atoms. The summed E-state index contributed by atoms with van der Waals surface area (Å²) in [4.78, 5) is 13.2. The van der Waals surface area contributed by atoms with Crippen LogP contribution in [0.3, 0.4) is 0 Å². The van der Waals surface area contributed by atoms with Gasteiger partial charge in [-0.25, -0.2) is 8.42 Å². The molecule has 8 heteroatoms. The minimum absolute atomic E-state index is 0.131. The van der Waals surface area contributed by atoms with Gasteiger partial charge in [-0.3, -0.25) is 9.52 Å². The van der Waals surface area contributed by atoms with Crippen LogP contribution in [0.2, 0.25) is 5.02 Å². The smallest absolute Gasteiger partial charge is 0.265 e. The summed E-state index contributed by atoms with van der Waals surface area (Å²) in [6, 6.07) is 19.1. The SMILES string of the molecule is Cc1cc(Cl)cc(NC(=O)c2cccs2)c1NS(=O)(=O)c1ccc2ccccc2c1. The molecule has 2 N–H and O–H groups in total. The highest BCUT2D eigenvalue weighted by Crippen LogP contribution is 2.33. The van der Waals surface area contributed by atoms with Gasteiger partial charge in [0.1, 0.15) is 0 Å². The molecule has 0 bridgehead atoms. The first-order valence-corrected chi connectivity index (χ1v) is 11.7. The molecule has 0 atom stereocenters. The molecule has 1 amide bonds. The van der Waals surface area contributed by atoms with Gasteiger partial charge in [-0.05, 0) is 59.0 Å². The molecule has 0 fully saturated rings. The lowest BCUT2D eigenvalue weighted by Gasteiger charge is -2.17. The fraction of sp³-hybridized carbons (Fsp3) is 0.0455. The molecule has 0 aliphatic heterocycles. The number of nitrogens with one attached hydrogen (secondary N) is 2. The minimum atomic E-state index is -3.89. The summed E-state index contributed by atoms with van der Waals surface area (Å²) in [7, 11) is -3.89. The van der Waals surface area contributed by atoms with Crippen molar-refractivity contribution in [2.75, 3.05) is 10.0 Å². The number of anilines is 2. The number of hydrogen-bond acceptors (Lipinski definition) is 4. The number of fused-ring (bicyclic) bond motifs is 1.